The van der Waals surface area contributed by atoms with Gasteiger partial charge in [0.25, 0.3) is 20.2 Å². The summed E-state index contributed by atoms with van der Waals surface area (Å²) in [5.41, 5.74) is 8.38. The first-order chi connectivity index (χ1) is 24.8. The fourth-order valence-corrected chi connectivity index (χ4v) is 7.60. The highest BCUT2D eigenvalue weighted by molar-refractivity contribution is 7.86. The third-order valence-electron chi connectivity index (χ3n) is 9.21. The molecule has 0 aromatic heterocycles. The van der Waals surface area contributed by atoms with Crippen molar-refractivity contribution in [1.82, 2.24) is 0 Å². The highest BCUT2D eigenvalue weighted by Gasteiger charge is 2.19. The second-order valence-electron chi connectivity index (χ2n) is 12.5. The van der Waals surface area contributed by atoms with Gasteiger partial charge in [-0.1, -0.05) is 48.5 Å². The summed E-state index contributed by atoms with van der Waals surface area (Å²) < 4.78 is 69.7. The zero-order chi connectivity index (χ0) is 37.5. The smallest absolute Gasteiger partial charge is 0.294 e. The van der Waals surface area contributed by atoms with Crippen LogP contribution in [-0.2, 0) is 33.3 Å². The minimum Gasteiger partial charge on any atom is -0.372 e. The minimum atomic E-state index is -4.43. The quantitative estimate of drug-likeness (QED) is 0.100. The van der Waals surface area contributed by atoms with Crippen LogP contribution >= 0.6 is 0 Å². The highest BCUT2D eigenvalue weighted by atomic mass is 32.2. The summed E-state index contributed by atoms with van der Waals surface area (Å²) >= 11 is 0. The van der Waals surface area contributed by atoms with E-state index in [0.29, 0.717) is 11.1 Å². The fraction of sp³-hybridized carbons (Fsp3) is 0.244. The average Bonchev–Trinajstić information content (AvgIpc) is 3.13. The molecule has 1 aliphatic carbocycles. The molecule has 272 valence electrons. The predicted octanol–water partition coefficient (Wildman–Crippen LogP) is 7.65. The van der Waals surface area contributed by atoms with Crippen molar-refractivity contribution in [3.8, 4) is 0 Å². The second kappa shape index (κ2) is 16.7. The fourth-order valence-electron chi connectivity index (χ4n) is 6.50. The molecule has 0 spiro atoms. The Morgan fingerprint density at radius 3 is 1.58 bits per heavy atom. The molecule has 11 heteroatoms. The van der Waals surface area contributed by atoms with Gasteiger partial charge < -0.3 is 9.80 Å². The van der Waals surface area contributed by atoms with Gasteiger partial charge in [0, 0.05) is 49.7 Å². The van der Waals surface area contributed by atoms with Gasteiger partial charge in [-0.2, -0.15) is 16.8 Å². The molecule has 5 rings (SSSR count). The van der Waals surface area contributed by atoms with E-state index < -0.39 is 20.2 Å². The van der Waals surface area contributed by atoms with E-state index in [1.807, 2.05) is 17.0 Å². The van der Waals surface area contributed by atoms with Gasteiger partial charge in [0.2, 0.25) is 0 Å². The number of hydrogen-bond acceptors (Lipinski definition) is 6. The van der Waals surface area contributed by atoms with Crippen LogP contribution in [0.3, 0.4) is 0 Å². The monoisotopic (exact) mass is 740 g/mol. The number of hydrogen-bond donors (Lipinski definition) is 2. The summed E-state index contributed by atoms with van der Waals surface area (Å²) in [6.07, 6.45) is 8.58. The van der Waals surface area contributed by atoms with Gasteiger partial charge in [-0.05, 0) is 122 Å². The zero-order valence-electron chi connectivity index (χ0n) is 30.0. The lowest BCUT2D eigenvalue weighted by Gasteiger charge is -2.27. The van der Waals surface area contributed by atoms with Crippen LogP contribution in [0.25, 0.3) is 5.57 Å². The molecule has 0 radical (unpaired) electrons. The third kappa shape index (κ3) is 9.34. The molecule has 0 bridgehead atoms. The van der Waals surface area contributed by atoms with Crippen molar-refractivity contribution in [2.24, 2.45) is 0 Å². The first-order valence-corrected chi connectivity index (χ1v) is 20.3. The molecular weight excluding hydrogens is 695 g/mol. The number of benzene rings is 4. The molecule has 0 atom stereocenters. The van der Waals surface area contributed by atoms with Gasteiger partial charge in [-0.3, -0.25) is 9.11 Å². The maximum absolute atomic E-state index is 12.0. The predicted molar refractivity (Wildman–Crippen MR) is 209 cm³/mol. The van der Waals surface area contributed by atoms with Crippen molar-refractivity contribution < 1.29 is 30.5 Å². The second-order valence-corrected chi connectivity index (χ2v) is 15.3. The van der Waals surface area contributed by atoms with Gasteiger partial charge in [0.15, 0.2) is 5.71 Å². The minimum absolute atomic E-state index is 0.219. The van der Waals surface area contributed by atoms with Crippen LogP contribution in [0.2, 0.25) is 0 Å². The molecule has 0 heterocycles. The zero-order valence-corrected chi connectivity index (χ0v) is 31.6. The van der Waals surface area contributed by atoms with Crippen LogP contribution in [-0.4, -0.2) is 62.4 Å². The Balaban J connectivity index is 1.65. The Morgan fingerprint density at radius 1 is 0.577 bits per heavy atom. The van der Waals surface area contributed by atoms with Gasteiger partial charge in [0.1, 0.15) is 13.1 Å². The van der Waals surface area contributed by atoms with Gasteiger partial charge in [-0.15, -0.1) is 0 Å². The Labute approximate surface area is 308 Å². The molecule has 0 saturated carbocycles. The van der Waals surface area contributed by atoms with E-state index in [9.17, 15) is 25.9 Å². The van der Waals surface area contributed by atoms with Crippen molar-refractivity contribution in [3.63, 3.8) is 0 Å². The van der Waals surface area contributed by atoms with E-state index in [0.717, 1.165) is 65.5 Å². The first-order valence-electron chi connectivity index (χ1n) is 17.4. The van der Waals surface area contributed by atoms with Crippen molar-refractivity contribution in [1.29, 1.82) is 0 Å². The molecule has 9 nitrogen and oxygen atoms in total. The third-order valence-corrected chi connectivity index (χ3v) is 10.9. The van der Waals surface area contributed by atoms with Crippen molar-refractivity contribution in [2.45, 2.75) is 50.6 Å². The number of anilines is 2. The molecule has 0 unspecified atom stereocenters. The Morgan fingerprint density at radius 2 is 1.10 bits per heavy atom. The van der Waals surface area contributed by atoms with Crippen molar-refractivity contribution >= 4 is 42.9 Å². The van der Waals surface area contributed by atoms with Crippen LogP contribution in [0.5, 0.6) is 0 Å². The summed E-state index contributed by atoms with van der Waals surface area (Å²) in [7, 11) is -8.87. The molecule has 1 aliphatic rings. The van der Waals surface area contributed by atoms with E-state index in [4.69, 9.17) is 0 Å². The summed E-state index contributed by atoms with van der Waals surface area (Å²) in [5.74, 6) is 0. The maximum atomic E-state index is 12.0. The van der Waals surface area contributed by atoms with E-state index in [-0.39, 0.29) is 22.9 Å². The van der Waals surface area contributed by atoms with E-state index in [2.05, 4.69) is 97.9 Å². The van der Waals surface area contributed by atoms with Gasteiger partial charge >= 0.3 is 0 Å². The molecule has 0 aliphatic heterocycles. The van der Waals surface area contributed by atoms with E-state index in [1.165, 1.54) is 24.3 Å². The van der Waals surface area contributed by atoms with E-state index >= 15 is 0 Å². The van der Waals surface area contributed by atoms with Crippen LogP contribution < -0.4 is 9.80 Å². The Kier molecular flexibility index (Phi) is 12.3. The molecule has 4 aromatic rings. The van der Waals surface area contributed by atoms with Gasteiger partial charge in [0.05, 0.1) is 9.79 Å². The lowest BCUT2D eigenvalue weighted by Crippen LogP contribution is -2.22. The Bertz CT molecular complexity index is 2150. The summed E-state index contributed by atoms with van der Waals surface area (Å²) in [6.45, 7) is 12.6. The highest BCUT2D eigenvalue weighted by Crippen LogP contribution is 2.34. The topological polar surface area (TPSA) is 118 Å². The molecule has 0 saturated heterocycles. The lowest BCUT2D eigenvalue weighted by molar-refractivity contribution is -0.519. The summed E-state index contributed by atoms with van der Waals surface area (Å²) in [6, 6.07) is 28.8. The van der Waals surface area contributed by atoms with Crippen LogP contribution in [0.15, 0.2) is 137 Å². The number of rotatable bonds is 14. The van der Waals surface area contributed by atoms with Crippen LogP contribution in [0, 0.1) is 0 Å². The van der Waals surface area contributed by atoms with Gasteiger partial charge in [-0.25, -0.2) is 4.58 Å². The van der Waals surface area contributed by atoms with Crippen LogP contribution in [0.4, 0.5) is 11.4 Å². The summed E-state index contributed by atoms with van der Waals surface area (Å²) in [4.78, 5) is 3.86. The largest absolute Gasteiger partial charge is 0.372 e. The standard InChI is InChI=1S/C41H45N3O6S2/c1-5-42(6-2)36-22-18-33(19-23-36)41(34-20-24-37(25-21-34)43(7-3)8-4)35-14-11-15-38(28-35)44(29-31-12-9-16-39(26-31)51(45,46)47)30-32-13-10-17-40(27-32)52(48,49)50/h9-28H,5-8,29-30H2,1-4H3,(H-,45,46,47,48,49,50)/p+1. The van der Waals surface area contributed by atoms with E-state index in [1.54, 1.807) is 24.3 Å². The summed E-state index contributed by atoms with van der Waals surface area (Å²) in [5, 5.41) is 0. The molecule has 2 N–H and O–H groups in total. The normalized spacial score (nSPS) is 13.0. The first kappa shape index (κ1) is 38.4. The van der Waals surface area contributed by atoms with Crippen LogP contribution in [0.1, 0.15) is 49.9 Å². The van der Waals surface area contributed by atoms with Crippen molar-refractivity contribution in [2.75, 3.05) is 36.0 Å². The number of nitrogens with zero attached hydrogens (tertiary/aromatic N) is 3. The molecule has 4 aromatic carbocycles. The molecule has 52 heavy (non-hydrogen) atoms. The molecular formula is C41H46N3O6S2+. The maximum Gasteiger partial charge on any atom is 0.294 e. The average molecular weight is 741 g/mol. The lowest BCUT2D eigenvalue weighted by atomic mass is 9.90. The SMILES string of the molecule is CCN(CC)c1ccc(C(=C2C=CC(=[N+](CC)CC)C=C2)c2cccc(N(Cc3cccc(S(=O)(=O)O)c3)Cc3cccc(S(=O)(=O)O)c3)c2)cc1. The number of allylic oxidation sites excluding steroid dienone is 5. The Hall–Kier alpha value is -4.81. The molecule has 0 fully saturated rings. The molecule has 0 amide bonds. The van der Waals surface area contributed by atoms with Crippen molar-refractivity contribution in [3.05, 3.63) is 149 Å².